The first-order valence-corrected chi connectivity index (χ1v) is 11.9. The third-order valence-electron chi connectivity index (χ3n) is 5.20. The number of benzene rings is 2. The monoisotopic (exact) mass is 452 g/mol. The second-order valence-electron chi connectivity index (χ2n) is 7.43. The molecule has 1 saturated heterocycles. The van der Waals surface area contributed by atoms with Gasteiger partial charge in [0, 0.05) is 38.3 Å². The number of hydrogen-bond donors (Lipinski definition) is 0. The number of halogens is 1. The number of nitrogens with zero attached hydrogens (tertiary/aromatic N) is 2. The van der Waals surface area contributed by atoms with Gasteiger partial charge in [-0.05, 0) is 61.3 Å². The van der Waals surface area contributed by atoms with Crippen LogP contribution in [-0.2, 0) is 21.3 Å². The Labute approximate surface area is 184 Å². The molecule has 3 rings (SSSR count). The molecule has 164 valence electrons. The predicted octanol–water partition coefficient (Wildman–Crippen LogP) is 3.57. The van der Waals surface area contributed by atoms with E-state index in [2.05, 4.69) is 4.90 Å². The molecule has 1 heterocycles. The number of sulfonamides is 1. The van der Waals surface area contributed by atoms with Crippen molar-refractivity contribution < 1.29 is 17.9 Å². The standard InChI is InChI=1S/C22H29ClN2O4S/c1-18-16-21(8-9-22(18)29-15-14-28-2)30(26,27)25-11-3-10-24(12-13-25)17-19-4-6-20(23)7-5-19/h4-9,16H,3,10-15,17H2,1-2H3. The molecule has 0 saturated carbocycles. The molecular formula is C22H29ClN2O4S. The summed E-state index contributed by atoms with van der Waals surface area (Å²) in [5.74, 6) is 0.677. The zero-order valence-electron chi connectivity index (χ0n) is 17.5. The van der Waals surface area contributed by atoms with E-state index in [4.69, 9.17) is 21.1 Å². The first kappa shape index (κ1) is 23.0. The van der Waals surface area contributed by atoms with Crippen LogP contribution < -0.4 is 4.74 Å². The number of aryl methyl sites for hydroxylation is 1. The molecule has 30 heavy (non-hydrogen) atoms. The Morgan fingerprint density at radius 1 is 1.00 bits per heavy atom. The summed E-state index contributed by atoms with van der Waals surface area (Å²) in [6.45, 7) is 6.11. The maximum Gasteiger partial charge on any atom is 0.243 e. The number of ether oxygens (including phenoxy) is 2. The van der Waals surface area contributed by atoms with E-state index < -0.39 is 10.0 Å². The number of methoxy groups -OCH3 is 1. The molecule has 2 aromatic rings. The van der Waals surface area contributed by atoms with Gasteiger partial charge in [-0.2, -0.15) is 4.31 Å². The fourth-order valence-corrected chi connectivity index (χ4v) is 5.20. The molecule has 0 N–H and O–H groups in total. The van der Waals surface area contributed by atoms with Gasteiger partial charge < -0.3 is 9.47 Å². The Morgan fingerprint density at radius 3 is 2.47 bits per heavy atom. The predicted molar refractivity (Wildman–Crippen MR) is 119 cm³/mol. The fraction of sp³-hybridized carbons (Fsp3) is 0.455. The van der Waals surface area contributed by atoms with Crippen LogP contribution in [0.4, 0.5) is 0 Å². The Bertz CT molecular complexity index is 935. The van der Waals surface area contributed by atoms with E-state index in [0.29, 0.717) is 43.5 Å². The summed E-state index contributed by atoms with van der Waals surface area (Å²) >= 11 is 5.96. The highest BCUT2D eigenvalue weighted by atomic mass is 35.5. The van der Waals surface area contributed by atoms with Crippen molar-refractivity contribution >= 4 is 21.6 Å². The maximum absolute atomic E-state index is 13.2. The summed E-state index contributed by atoms with van der Waals surface area (Å²) in [4.78, 5) is 2.60. The minimum absolute atomic E-state index is 0.310. The molecule has 8 heteroatoms. The van der Waals surface area contributed by atoms with Gasteiger partial charge in [-0.15, -0.1) is 0 Å². The molecule has 1 fully saturated rings. The topological polar surface area (TPSA) is 59.1 Å². The molecule has 0 atom stereocenters. The minimum Gasteiger partial charge on any atom is -0.491 e. The lowest BCUT2D eigenvalue weighted by Gasteiger charge is -2.22. The van der Waals surface area contributed by atoms with Gasteiger partial charge in [0.1, 0.15) is 12.4 Å². The first-order chi connectivity index (χ1) is 14.4. The summed E-state index contributed by atoms with van der Waals surface area (Å²) < 4.78 is 38.6. The maximum atomic E-state index is 13.2. The van der Waals surface area contributed by atoms with Gasteiger partial charge in [0.25, 0.3) is 0 Å². The van der Waals surface area contributed by atoms with E-state index in [0.717, 1.165) is 30.1 Å². The molecule has 0 unspecified atom stereocenters. The third-order valence-corrected chi connectivity index (χ3v) is 7.34. The quantitative estimate of drug-likeness (QED) is 0.573. The van der Waals surface area contributed by atoms with E-state index in [9.17, 15) is 8.42 Å². The summed E-state index contributed by atoms with van der Waals surface area (Å²) in [5.41, 5.74) is 1.97. The highest BCUT2D eigenvalue weighted by molar-refractivity contribution is 7.89. The van der Waals surface area contributed by atoms with E-state index >= 15 is 0 Å². The van der Waals surface area contributed by atoms with Crippen molar-refractivity contribution in [3.63, 3.8) is 0 Å². The van der Waals surface area contributed by atoms with Gasteiger partial charge in [-0.1, -0.05) is 23.7 Å². The Kier molecular flexibility index (Phi) is 8.13. The van der Waals surface area contributed by atoms with Crippen molar-refractivity contribution in [2.45, 2.75) is 24.8 Å². The summed E-state index contributed by atoms with van der Waals surface area (Å²) in [5, 5.41) is 0.720. The molecular weight excluding hydrogens is 424 g/mol. The van der Waals surface area contributed by atoms with E-state index in [-0.39, 0.29) is 0 Å². The van der Waals surface area contributed by atoms with Crippen LogP contribution >= 0.6 is 11.6 Å². The largest absolute Gasteiger partial charge is 0.491 e. The highest BCUT2D eigenvalue weighted by Gasteiger charge is 2.27. The van der Waals surface area contributed by atoms with Crippen molar-refractivity contribution in [2.75, 3.05) is 46.5 Å². The normalized spacial score (nSPS) is 16.4. The molecule has 0 aromatic heterocycles. The zero-order valence-corrected chi connectivity index (χ0v) is 19.1. The highest BCUT2D eigenvalue weighted by Crippen LogP contribution is 2.25. The van der Waals surface area contributed by atoms with Gasteiger partial charge >= 0.3 is 0 Å². The minimum atomic E-state index is -3.54. The van der Waals surface area contributed by atoms with E-state index in [1.165, 1.54) is 5.56 Å². The second kappa shape index (κ2) is 10.6. The Balaban J connectivity index is 1.64. The Hall–Kier alpha value is -1.64. The molecule has 1 aliphatic rings. The summed E-state index contributed by atoms with van der Waals surface area (Å²) in [6.07, 6.45) is 0.796. The first-order valence-electron chi connectivity index (χ1n) is 10.1. The molecule has 0 amide bonds. The van der Waals surface area contributed by atoms with Crippen LogP contribution in [0.25, 0.3) is 0 Å². The average molecular weight is 453 g/mol. The molecule has 2 aromatic carbocycles. The van der Waals surface area contributed by atoms with Crippen molar-refractivity contribution in [1.82, 2.24) is 9.21 Å². The summed E-state index contributed by atoms with van der Waals surface area (Å²) in [7, 11) is -1.93. The number of rotatable bonds is 8. The van der Waals surface area contributed by atoms with Crippen LogP contribution in [-0.4, -0.2) is 64.1 Å². The summed E-state index contributed by atoms with van der Waals surface area (Å²) in [6, 6.07) is 12.8. The van der Waals surface area contributed by atoms with Gasteiger partial charge in [0.2, 0.25) is 10.0 Å². The van der Waals surface area contributed by atoms with Crippen LogP contribution in [0.2, 0.25) is 5.02 Å². The van der Waals surface area contributed by atoms with Gasteiger partial charge in [-0.25, -0.2) is 8.42 Å². The molecule has 0 radical (unpaired) electrons. The van der Waals surface area contributed by atoms with Crippen LogP contribution in [0.1, 0.15) is 17.5 Å². The van der Waals surface area contributed by atoms with E-state index in [1.54, 1.807) is 29.6 Å². The van der Waals surface area contributed by atoms with Crippen molar-refractivity contribution in [2.24, 2.45) is 0 Å². The van der Waals surface area contributed by atoms with E-state index in [1.807, 2.05) is 31.2 Å². The lowest BCUT2D eigenvalue weighted by molar-refractivity contribution is 0.146. The SMILES string of the molecule is COCCOc1ccc(S(=O)(=O)N2CCCN(Cc3ccc(Cl)cc3)CC2)cc1C. The van der Waals surface area contributed by atoms with Crippen molar-refractivity contribution in [3.05, 3.63) is 58.6 Å². The van der Waals surface area contributed by atoms with Crippen molar-refractivity contribution in [3.8, 4) is 5.75 Å². The number of hydrogen-bond acceptors (Lipinski definition) is 5. The molecule has 1 aliphatic heterocycles. The van der Waals surface area contributed by atoms with Crippen LogP contribution in [0, 0.1) is 6.92 Å². The van der Waals surface area contributed by atoms with Gasteiger partial charge in [0.05, 0.1) is 11.5 Å². The molecule has 0 bridgehead atoms. The lowest BCUT2D eigenvalue weighted by atomic mass is 10.2. The van der Waals surface area contributed by atoms with Crippen LogP contribution in [0.5, 0.6) is 5.75 Å². The lowest BCUT2D eigenvalue weighted by Crippen LogP contribution is -2.35. The average Bonchev–Trinajstić information content (AvgIpc) is 2.97. The molecule has 0 spiro atoms. The van der Waals surface area contributed by atoms with Crippen LogP contribution in [0.15, 0.2) is 47.4 Å². The fourth-order valence-electron chi connectivity index (χ4n) is 3.52. The van der Waals surface area contributed by atoms with Crippen molar-refractivity contribution in [1.29, 1.82) is 0 Å². The zero-order chi connectivity index (χ0) is 21.6. The third kappa shape index (κ3) is 5.95. The molecule has 6 nitrogen and oxygen atoms in total. The smallest absolute Gasteiger partial charge is 0.243 e. The Morgan fingerprint density at radius 2 is 1.77 bits per heavy atom. The second-order valence-corrected chi connectivity index (χ2v) is 9.80. The van der Waals surface area contributed by atoms with Gasteiger partial charge in [0.15, 0.2) is 0 Å². The van der Waals surface area contributed by atoms with Crippen LogP contribution in [0.3, 0.4) is 0 Å². The molecule has 0 aliphatic carbocycles. The van der Waals surface area contributed by atoms with Gasteiger partial charge in [-0.3, -0.25) is 4.90 Å².